The van der Waals surface area contributed by atoms with Crippen LogP contribution in [0.25, 0.3) is 0 Å². The van der Waals surface area contributed by atoms with E-state index in [9.17, 15) is 4.79 Å². The molecule has 0 N–H and O–H groups in total. The number of hydrogen-bond donors (Lipinski definition) is 0. The van der Waals surface area contributed by atoms with Gasteiger partial charge in [-0.1, -0.05) is 24.3 Å². The van der Waals surface area contributed by atoms with Crippen LogP contribution in [0.1, 0.15) is 30.9 Å². The molecule has 1 aromatic heterocycles. The number of hydrogen-bond acceptors (Lipinski definition) is 7. The van der Waals surface area contributed by atoms with E-state index in [1.54, 1.807) is 6.20 Å². The fourth-order valence-corrected chi connectivity index (χ4v) is 5.32. The Kier molecular flexibility index (Phi) is 8.77. The first-order valence-electron chi connectivity index (χ1n) is 12.9. The van der Waals surface area contributed by atoms with E-state index in [4.69, 9.17) is 9.53 Å². The van der Waals surface area contributed by atoms with Crippen molar-refractivity contribution in [3.63, 3.8) is 0 Å². The summed E-state index contributed by atoms with van der Waals surface area (Å²) >= 11 is 0. The summed E-state index contributed by atoms with van der Waals surface area (Å²) in [4.78, 5) is 30.5. The number of rotatable bonds is 5. The molecule has 9 nitrogen and oxygen atoms in total. The molecule has 1 amide bonds. The van der Waals surface area contributed by atoms with Crippen LogP contribution in [0.4, 0.5) is 10.5 Å². The number of benzene rings is 1. The third-order valence-electron chi connectivity index (χ3n) is 7.43. The maximum absolute atomic E-state index is 12.8. The van der Waals surface area contributed by atoms with E-state index in [0.717, 1.165) is 90.4 Å². The first-order valence-corrected chi connectivity index (χ1v) is 12.9. The van der Waals surface area contributed by atoms with Crippen LogP contribution in [0.2, 0.25) is 0 Å². The monoisotopic (exact) mass is 496 g/mol. The molecule has 3 aliphatic heterocycles. The van der Waals surface area contributed by atoms with E-state index in [0.29, 0.717) is 5.41 Å². The molecule has 0 aliphatic carbocycles. The molecule has 1 spiro atoms. The van der Waals surface area contributed by atoms with Crippen molar-refractivity contribution in [2.24, 2.45) is 5.41 Å². The minimum Gasteiger partial charge on any atom is -0.379 e. The molecule has 0 bridgehead atoms. The number of aldehydes is 1. The molecule has 36 heavy (non-hydrogen) atoms. The van der Waals surface area contributed by atoms with Crippen molar-refractivity contribution in [1.82, 2.24) is 24.5 Å². The second kappa shape index (κ2) is 12.0. The number of carbonyl (C=O) groups is 2. The summed E-state index contributed by atoms with van der Waals surface area (Å²) in [5.41, 5.74) is 4.10. The highest BCUT2D eigenvalue weighted by Gasteiger charge is 2.45. The summed E-state index contributed by atoms with van der Waals surface area (Å²) < 4.78 is 6.92. The van der Waals surface area contributed by atoms with E-state index < -0.39 is 0 Å². The highest BCUT2D eigenvalue weighted by molar-refractivity contribution is 5.77. The van der Waals surface area contributed by atoms with Crippen LogP contribution >= 0.6 is 0 Å². The lowest BCUT2D eigenvalue weighted by molar-refractivity contribution is -0.106. The summed E-state index contributed by atoms with van der Waals surface area (Å²) in [6.45, 7) is 11.1. The van der Waals surface area contributed by atoms with E-state index in [1.807, 2.05) is 30.1 Å². The Labute approximate surface area is 214 Å². The molecule has 3 saturated heterocycles. The van der Waals surface area contributed by atoms with Gasteiger partial charge in [-0.25, -0.2) is 4.79 Å². The maximum Gasteiger partial charge on any atom is 0.344 e. The highest BCUT2D eigenvalue weighted by atomic mass is 16.5. The highest BCUT2D eigenvalue weighted by Crippen LogP contribution is 2.41. The number of carbonyl (C=O) groups excluding carboxylic acids is 2. The van der Waals surface area contributed by atoms with Crippen LogP contribution in [0, 0.1) is 5.41 Å². The molecule has 2 aromatic rings. The van der Waals surface area contributed by atoms with Gasteiger partial charge in [-0.05, 0) is 36.3 Å². The van der Waals surface area contributed by atoms with Gasteiger partial charge in [-0.3, -0.25) is 9.80 Å². The predicted molar refractivity (Wildman–Crippen MR) is 140 cm³/mol. The first-order chi connectivity index (χ1) is 17.4. The van der Waals surface area contributed by atoms with Gasteiger partial charge in [0.1, 0.15) is 6.29 Å². The van der Waals surface area contributed by atoms with Crippen molar-refractivity contribution < 1.29 is 14.3 Å². The Bertz CT molecular complexity index is 983. The third-order valence-corrected chi connectivity index (χ3v) is 7.43. The topological polar surface area (TPSA) is 74.2 Å². The molecule has 0 unspecified atom stereocenters. The lowest BCUT2D eigenvalue weighted by atomic mass is 9.72. The van der Waals surface area contributed by atoms with Crippen molar-refractivity contribution in [1.29, 1.82) is 0 Å². The minimum atomic E-state index is -0.00806. The van der Waals surface area contributed by atoms with Crippen molar-refractivity contribution in [2.75, 3.05) is 71.5 Å². The summed E-state index contributed by atoms with van der Waals surface area (Å²) in [7, 11) is 3.91. The lowest BCUT2D eigenvalue weighted by Crippen LogP contribution is -2.60. The van der Waals surface area contributed by atoms with Gasteiger partial charge in [0.15, 0.2) is 0 Å². The molecule has 4 heterocycles. The minimum absolute atomic E-state index is 0.00806. The summed E-state index contributed by atoms with van der Waals surface area (Å²) in [6.07, 6.45) is 6.46. The zero-order chi connectivity index (χ0) is 25.5. The summed E-state index contributed by atoms with van der Waals surface area (Å²) in [6, 6.07) is 9.12. The zero-order valence-corrected chi connectivity index (χ0v) is 21.9. The standard InChI is InChI=1S/C25H36N6O2.C2H4O/c1-27(2)23-15-26-31(18-23)24(32)30-9-7-25(8-10-30)19-29(20-25)17-22-5-3-21(4-6-22)16-28-11-13-33-14-12-28;1-2-3/h3-6,15,18H,7-14,16-17,19-20H2,1-2H3;2H,1H3. The fourth-order valence-electron chi connectivity index (χ4n) is 5.32. The van der Waals surface area contributed by atoms with Crippen molar-refractivity contribution in [3.8, 4) is 0 Å². The first kappa shape index (κ1) is 26.3. The van der Waals surface area contributed by atoms with Crippen molar-refractivity contribution in [3.05, 3.63) is 47.8 Å². The number of amides is 1. The van der Waals surface area contributed by atoms with E-state index in [1.165, 1.54) is 22.7 Å². The Morgan fingerprint density at radius 1 is 1.00 bits per heavy atom. The average molecular weight is 497 g/mol. The largest absolute Gasteiger partial charge is 0.379 e. The number of ether oxygens (including phenoxy) is 1. The smallest absolute Gasteiger partial charge is 0.344 e. The number of morpholine rings is 1. The second-order valence-corrected chi connectivity index (χ2v) is 10.4. The number of piperidine rings is 1. The fraction of sp³-hybridized carbons (Fsp3) is 0.593. The van der Waals surface area contributed by atoms with Gasteiger partial charge < -0.3 is 19.3 Å². The van der Waals surface area contributed by atoms with Crippen LogP contribution in [0.5, 0.6) is 0 Å². The Morgan fingerprint density at radius 3 is 2.08 bits per heavy atom. The maximum atomic E-state index is 12.8. The molecule has 3 aliphatic rings. The average Bonchev–Trinajstić information content (AvgIpc) is 3.36. The molecule has 9 heteroatoms. The van der Waals surface area contributed by atoms with E-state index in [-0.39, 0.29) is 6.03 Å². The number of anilines is 1. The van der Waals surface area contributed by atoms with E-state index >= 15 is 0 Å². The van der Waals surface area contributed by atoms with Crippen LogP contribution in [0.3, 0.4) is 0 Å². The number of likely N-dealkylation sites (tertiary alicyclic amines) is 2. The van der Waals surface area contributed by atoms with Gasteiger partial charge in [0.25, 0.3) is 0 Å². The molecule has 196 valence electrons. The van der Waals surface area contributed by atoms with Crippen molar-refractivity contribution >= 4 is 18.0 Å². The molecule has 0 radical (unpaired) electrons. The Morgan fingerprint density at radius 2 is 1.56 bits per heavy atom. The number of aromatic nitrogens is 2. The summed E-state index contributed by atoms with van der Waals surface area (Å²) in [5.74, 6) is 0. The second-order valence-electron chi connectivity index (χ2n) is 10.4. The molecule has 1 aromatic carbocycles. The van der Waals surface area contributed by atoms with Crippen LogP contribution in [-0.4, -0.2) is 103 Å². The quantitative estimate of drug-likeness (QED) is 0.589. The Hall–Kier alpha value is -2.75. The van der Waals surface area contributed by atoms with Gasteiger partial charge in [0.05, 0.1) is 31.3 Å². The van der Waals surface area contributed by atoms with Crippen LogP contribution in [-0.2, 0) is 22.6 Å². The van der Waals surface area contributed by atoms with Crippen LogP contribution in [0.15, 0.2) is 36.7 Å². The molecule has 5 rings (SSSR count). The molecular formula is C27H40N6O3. The third kappa shape index (κ3) is 6.52. The summed E-state index contributed by atoms with van der Waals surface area (Å²) in [5, 5.41) is 4.25. The normalized spacial score (nSPS) is 19.8. The zero-order valence-electron chi connectivity index (χ0n) is 21.9. The van der Waals surface area contributed by atoms with E-state index in [2.05, 4.69) is 39.2 Å². The molecule has 0 atom stereocenters. The lowest BCUT2D eigenvalue weighted by Gasteiger charge is -2.54. The van der Waals surface area contributed by atoms with Gasteiger partial charge in [0, 0.05) is 66.5 Å². The molecule has 3 fully saturated rings. The van der Waals surface area contributed by atoms with Gasteiger partial charge >= 0.3 is 6.03 Å². The van der Waals surface area contributed by atoms with Gasteiger partial charge in [-0.15, -0.1) is 0 Å². The predicted octanol–water partition coefficient (Wildman–Crippen LogP) is 2.55. The van der Waals surface area contributed by atoms with Crippen LogP contribution < -0.4 is 4.90 Å². The Balaban J connectivity index is 0.000000967. The van der Waals surface area contributed by atoms with Crippen molar-refractivity contribution in [2.45, 2.75) is 32.9 Å². The van der Waals surface area contributed by atoms with Gasteiger partial charge in [0.2, 0.25) is 0 Å². The molecular weight excluding hydrogens is 456 g/mol. The van der Waals surface area contributed by atoms with Gasteiger partial charge in [-0.2, -0.15) is 9.78 Å². The SMILES string of the molecule is CC=O.CN(C)c1cnn(C(=O)N2CCC3(CC2)CN(Cc2ccc(CN4CCOCC4)cc2)C3)c1. The number of nitrogens with zero attached hydrogens (tertiary/aromatic N) is 6. The molecule has 0 saturated carbocycles.